The molecule has 0 unspecified atom stereocenters. The normalized spacial score (nSPS) is 12.6. The molecule has 0 spiro atoms. The fourth-order valence-corrected chi connectivity index (χ4v) is 2.17. The number of aliphatic carboxylic acids is 1. The van der Waals surface area contributed by atoms with Crippen molar-refractivity contribution < 1.29 is 33.8 Å². The Balaban J connectivity index is 2.72. The summed E-state index contributed by atoms with van der Waals surface area (Å²) < 4.78 is 9.62. The van der Waals surface area contributed by atoms with Gasteiger partial charge in [0, 0.05) is 0 Å². The van der Waals surface area contributed by atoms with E-state index in [2.05, 4.69) is 15.4 Å². The molecule has 0 saturated carbocycles. The third kappa shape index (κ3) is 7.76. The second-order valence-corrected chi connectivity index (χ2v) is 6.11. The van der Waals surface area contributed by atoms with Crippen LogP contribution in [0.4, 0.5) is 4.79 Å². The fraction of sp³-hybridized carbons (Fsp3) is 0.444. The molecule has 148 valence electrons. The molecule has 0 aromatic heterocycles. The number of hydrogen-bond donors (Lipinski definition) is 3. The number of methoxy groups -OCH3 is 1. The van der Waals surface area contributed by atoms with E-state index in [1.807, 2.05) is 6.07 Å². The Morgan fingerprint density at radius 3 is 2.22 bits per heavy atom. The van der Waals surface area contributed by atoms with Gasteiger partial charge in [0.2, 0.25) is 5.91 Å². The number of nitrogens with one attached hydrogen (secondary N) is 2. The Morgan fingerprint density at radius 1 is 1.07 bits per heavy atom. The molecular formula is C18H24N2O7. The Bertz CT molecular complexity index is 661. The van der Waals surface area contributed by atoms with Crippen LogP contribution in [0, 0.1) is 5.92 Å². The van der Waals surface area contributed by atoms with Crippen LogP contribution in [-0.2, 0) is 30.5 Å². The molecule has 0 saturated heterocycles. The van der Waals surface area contributed by atoms with Gasteiger partial charge in [0.25, 0.3) is 0 Å². The first-order chi connectivity index (χ1) is 12.7. The lowest BCUT2D eigenvalue weighted by molar-refractivity contribution is -0.146. The molecule has 9 nitrogen and oxygen atoms in total. The Morgan fingerprint density at radius 2 is 1.70 bits per heavy atom. The van der Waals surface area contributed by atoms with Gasteiger partial charge in [-0.05, 0) is 11.5 Å². The first kappa shape index (κ1) is 21.9. The molecule has 0 aliphatic carbocycles. The first-order valence-corrected chi connectivity index (χ1v) is 8.31. The minimum atomic E-state index is -1.41. The second kappa shape index (κ2) is 10.8. The van der Waals surface area contributed by atoms with Gasteiger partial charge in [0.15, 0.2) is 0 Å². The Kier molecular flexibility index (Phi) is 8.77. The number of benzene rings is 1. The van der Waals surface area contributed by atoms with Crippen LogP contribution < -0.4 is 10.6 Å². The zero-order valence-corrected chi connectivity index (χ0v) is 15.4. The van der Waals surface area contributed by atoms with Crippen molar-refractivity contribution >= 4 is 23.9 Å². The third-order valence-electron chi connectivity index (χ3n) is 3.62. The largest absolute Gasteiger partial charge is 0.481 e. The molecular weight excluding hydrogens is 356 g/mol. The summed E-state index contributed by atoms with van der Waals surface area (Å²) >= 11 is 0. The van der Waals surface area contributed by atoms with Gasteiger partial charge in [0.05, 0.1) is 13.5 Å². The average molecular weight is 380 g/mol. The number of carboxylic acids is 1. The number of amides is 2. The molecule has 0 heterocycles. The number of alkyl carbamates (subject to hydrolysis) is 1. The quantitative estimate of drug-likeness (QED) is 0.546. The SMILES string of the molecule is COC(=O)[C@@H](NC(=O)[C@H](CC(=O)O)NC(=O)OCc1ccccc1)C(C)C. The smallest absolute Gasteiger partial charge is 0.408 e. The topological polar surface area (TPSA) is 131 Å². The summed E-state index contributed by atoms with van der Waals surface area (Å²) in [5, 5.41) is 13.6. The zero-order chi connectivity index (χ0) is 20.4. The molecule has 0 fully saturated rings. The van der Waals surface area contributed by atoms with E-state index in [1.165, 1.54) is 7.11 Å². The molecule has 0 aliphatic heterocycles. The number of esters is 1. The highest BCUT2D eigenvalue weighted by molar-refractivity contribution is 5.92. The van der Waals surface area contributed by atoms with Crippen molar-refractivity contribution in [1.82, 2.24) is 10.6 Å². The summed E-state index contributed by atoms with van der Waals surface area (Å²) in [6, 6.07) is 6.48. The van der Waals surface area contributed by atoms with Gasteiger partial charge in [-0.3, -0.25) is 9.59 Å². The molecule has 0 bridgehead atoms. The summed E-state index contributed by atoms with van der Waals surface area (Å²) in [7, 11) is 1.18. The highest BCUT2D eigenvalue weighted by Crippen LogP contribution is 2.06. The van der Waals surface area contributed by atoms with E-state index in [0.717, 1.165) is 5.56 Å². The minimum absolute atomic E-state index is 0.0368. The molecule has 0 aliphatic rings. The van der Waals surface area contributed by atoms with Crippen molar-refractivity contribution in [2.24, 2.45) is 5.92 Å². The number of hydrogen-bond acceptors (Lipinski definition) is 6. The van der Waals surface area contributed by atoms with Crippen LogP contribution in [-0.4, -0.2) is 48.2 Å². The number of carbonyl (C=O) groups is 4. The van der Waals surface area contributed by atoms with Gasteiger partial charge in [-0.1, -0.05) is 44.2 Å². The van der Waals surface area contributed by atoms with Crippen molar-refractivity contribution in [2.45, 2.75) is 39.0 Å². The van der Waals surface area contributed by atoms with E-state index in [-0.39, 0.29) is 12.5 Å². The fourth-order valence-electron chi connectivity index (χ4n) is 2.17. The molecule has 0 radical (unpaired) electrons. The lowest BCUT2D eigenvalue weighted by atomic mass is 10.0. The Labute approximate surface area is 157 Å². The summed E-state index contributed by atoms with van der Waals surface area (Å²) in [5.74, 6) is -3.08. The monoisotopic (exact) mass is 380 g/mol. The molecule has 1 aromatic carbocycles. The van der Waals surface area contributed by atoms with Crippen molar-refractivity contribution in [3.05, 3.63) is 35.9 Å². The maximum absolute atomic E-state index is 12.4. The van der Waals surface area contributed by atoms with Crippen molar-refractivity contribution in [1.29, 1.82) is 0 Å². The van der Waals surface area contributed by atoms with Crippen molar-refractivity contribution in [3.63, 3.8) is 0 Å². The summed E-state index contributed by atoms with van der Waals surface area (Å²) in [6.45, 7) is 3.34. The highest BCUT2D eigenvalue weighted by atomic mass is 16.5. The molecule has 3 N–H and O–H groups in total. The molecule has 1 rings (SSSR count). The molecule has 1 aromatic rings. The minimum Gasteiger partial charge on any atom is -0.481 e. The van der Waals surface area contributed by atoms with Crippen LogP contribution in [0.2, 0.25) is 0 Å². The van der Waals surface area contributed by atoms with E-state index < -0.39 is 42.4 Å². The average Bonchev–Trinajstić information content (AvgIpc) is 2.63. The van der Waals surface area contributed by atoms with E-state index in [1.54, 1.807) is 38.1 Å². The van der Waals surface area contributed by atoms with Gasteiger partial charge in [-0.15, -0.1) is 0 Å². The highest BCUT2D eigenvalue weighted by Gasteiger charge is 2.30. The summed E-state index contributed by atoms with van der Waals surface area (Å²) in [4.78, 5) is 47.1. The van der Waals surface area contributed by atoms with Gasteiger partial charge < -0.3 is 25.2 Å². The predicted octanol–water partition coefficient (Wildman–Crippen LogP) is 1.07. The molecule has 9 heteroatoms. The van der Waals surface area contributed by atoms with Gasteiger partial charge in [-0.25, -0.2) is 9.59 Å². The zero-order valence-electron chi connectivity index (χ0n) is 15.4. The van der Waals surface area contributed by atoms with Gasteiger partial charge in [0.1, 0.15) is 18.7 Å². The summed E-state index contributed by atoms with van der Waals surface area (Å²) in [5.41, 5.74) is 0.734. The van der Waals surface area contributed by atoms with Gasteiger partial charge >= 0.3 is 18.0 Å². The lowest BCUT2D eigenvalue weighted by Crippen LogP contribution is -2.54. The van der Waals surface area contributed by atoms with Crippen LogP contribution in [0.3, 0.4) is 0 Å². The number of rotatable bonds is 9. The molecule has 2 atom stereocenters. The molecule has 2 amide bonds. The maximum atomic E-state index is 12.4. The molecule has 27 heavy (non-hydrogen) atoms. The second-order valence-electron chi connectivity index (χ2n) is 6.11. The van der Waals surface area contributed by atoms with Crippen LogP contribution in [0.25, 0.3) is 0 Å². The van der Waals surface area contributed by atoms with E-state index >= 15 is 0 Å². The van der Waals surface area contributed by atoms with Crippen LogP contribution in [0.1, 0.15) is 25.8 Å². The number of carbonyl (C=O) groups excluding carboxylic acids is 3. The van der Waals surface area contributed by atoms with Crippen molar-refractivity contribution in [3.8, 4) is 0 Å². The van der Waals surface area contributed by atoms with Gasteiger partial charge in [-0.2, -0.15) is 0 Å². The lowest BCUT2D eigenvalue weighted by Gasteiger charge is -2.23. The summed E-state index contributed by atoms with van der Waals surface area (Å²) in [6.07, 6.45) is -1.61. The van der Waals surface area contributed by atoms with Crippen LogP contribution in [0.5, 0.6) is 0 Å². The van der Waals surface area contributed by atoms with Crippen LogP contribution >= 0.6 is 0 Å². The van der Waals surface area contributed by atoms with Crippen molar-refractivity contribution in [2.75, 3.05) is 7.11 Å². The number of carboxylic acid groups (broad SMARTS) is 1. The number of ether oxygens (including phenoxy) is 2. The standard InChI is InChI=1S/C18H24N2O7/c1-11(2)15(17(24)26-3)20-16(23)13(9-14(21)22)19-18(25)27-10-12-7-5-4-6-8-12/h4-8,11,13,15H,9-10H2,1-3H3,(H,19,25)(H,20,23)(H,21,22)/t13-,15-/m0/s1. The predicted molar refractivity (Wildman–Crippen MR) is 94.6 cm³/mol. The van der Waals surface area contributed by atoms with Crippen LogP contribution in [0.15, 0.2) is 30.3 Å². The van der Waals surface area contributed by atoms with E-state index in [0.29, 0.717) is 0 Å². The third-order valence-corrected chi connectivity index (χ3v) is 3.62. The maximum Gasteiger partial charge on any atom is 0.408 e. The first-order valence-electron chi connectivity index (χ1n) is 8.31. The van der Waals surface area contributed by atoms with E-state index in [4.69, 9.17) is 9.84 Å². The van der Waals surface area contributed by atoms with E-state index in [9.17, 15) is 19.2 Å². The Hall–Kier alpha value is -3.10.